The van der Waals surface area contributed by atoms with E-state index in [4.69, 9.17) is 16.7 Å². The Morgan fingerprint density at radius 3 is 2.46 bits per heavy atom. The van der Waals surface area contributed by atoms with Gasteiger partial charge in [0.15, 0.2) is 0 Å². The summed E-state index contributed by atoms with van der Waals surface area (Å²) in [7, 11) is -3.93. The lowest BCUT2D eigenvalue weighted by molar-refractivity contribution is -0.137. The second-order valence-electron chi connectivity index (χ2n) is 5.13. The van der Waals surface area contributed by atoms with Gasteiger partial charge >= 0.3 is 6.18 Å². The third-order valence-electron chi connectivity index (χ3n) is 3.17. The average Bonchev–Trinajstić information content (AvgIpc) is 2.52. The van der Waals surface area contributed by atoms with E-state index >= 15 is 0 Å². The molecule has 0 saturated heterocycles. The van der Waals surface area contributed by atoms with Gasteiger partial charge in [0.2, 0.25) is 15.9 Å². The van der Waals surface area contributed by atoms with Crippen LogP contribution < -0.4 is 10.5 Å². The summed E-state index contributed by atoms with van der Waals surface area (Å²) in [5.41, 5.74) is -0.737. The Labute approximate surface area is 152 Å². The normalized spacial score (nSPS) is 12.3. The van der Waals surface area contributed by atoms with Crippen molar-refractivity contribution in [2.45, 2.75) is 11.1 Å². The van der Waals surface area contributed by atoms with Gasteiger partial charge in [-0.1, -0.05) is 17.7 Å². The number of benzene rings is 2. The number of carbonyl (C=O) groups excluding carboxylic acids is 1. The number of nitrogens with two attached hydrogens (primary N) is 1. The second-order valence-corrected chi connectivity index (χ2v) is 7.10. The van der Waals surface area contributed by atoms with E-state index in [1.165, 1.54) is 18.2 Å². The van der Waals surface area contributed by atoms with Crippen molar-refractivity contribution >= 4 is 39.3 Å². The molecule has 0 radical (unpaired) electrons. The first-order valence-electron chi connectivity index (χ1n) is 6.95. The first-order chi connectivity index (χ1) is 12.0. The molecule has 0 fully saturated rings. The largest absolute Gasteiger partial charge is 0.416 e. The second kappa shape index (κ2) is 7.48. The quantitative estimate of drug-likeness (QED) is 0.762. The fourth-order valence-electron chi connectivity index (χ4n) is 1.95. The molecule has 0 heterocycles. The van der Waals surface area contributed by atoms with Gasteiger partial charge in [0.1, 0.15) is 0 Å². The van der Waals surface area contributed by atoms with Crippen LogP contribution in [-0.2, 0) is 21.0 Å². The number of nitrogens with one attached hydrogen (secondary N) is 1. The maximum Gasteiger partial charge on any atom is 0.416 e. The van der Waals surface area contributed by atoms with E-state index in [9.17, 15) is 26.4 Å². The van der Waals surface area contributed by atoms with Crippen molar-refractivity contribution in [2.24, 2.45) is 5.14 Å². The van der Waals surface area contributed by atoms with E-state index in [0.29, 0.717) is 0 Å². The molecule has 0 unspecified atom stereocenters. The van der Waals surface area contributed by atoms with Gasteiger partial charge in [-0.25, -0.2) is 13.6 Å². The van der Waals surface area contributed by atoms with Crippen LogP contribution in [0, 0.1) is 0 Å². The molecule has 0 spiro atoms. The minimum Gasteiger partial charge on any atom is -0.322 e. The number of carbonyl (C=O) groups is 1. The summed E-state index contributed by atoms with van der Waals surface area (Å²) in [5.74, 6) is -0.690. The molecule has 3 N–H and O–H groups in total. The van der Waals surface area contributed by atoms with E-state index < -0.39 is 27.7 Å². The summed E-state index contributed by atoms with van der Waals surface area (Å²) >= 11 is 5.83. The van der Waals surface area contributed by atoms with Crippen molar-refractivity contribution in [1.82, 2.24) is 0 Å². The number of primary sulfonamides is 1. The van der Waals surface area contributed by atoms with Crippen molar-refractivity contribution < 1.29 is 26.4 Å². The molecule has 1 amide bonds. The Balaban J connectivity index is 2.18. The fraction of sp³-hybridized carbons (Fsp3) is 0.0625. The molecule has 2 aromatic rings. The van der Waals surface area contributed by atoms with Crippen molar-refractivity contribution in [1.29, 1.82) is 0 Å². The summed E-state index contributed by atoms with van der Waals surface area (Å²) in [4.78, 5) is 11.7. The van der Waals surface area contributed by atoms with Crippen molar-refractivity contribution in [3.8, 4) is 0 Å². The molecule has 5 nitrogen and oxygen atoms in total. The van der Waals surface area contributed by atoms with Crippen LogP contribution in [0.2, 0.25) is 5.02 Å². The third-order valence-corrected chi connectivity index (χ3v) is 4.42. The maximum atomic E-state index is 12.7. The first-order valence-corrected chi connectivity index (χ1v) is 8.88. The maximum absolute atomic E-state index is 12.7. The number of hydrogen-bond acceptors (Lipinski definition) is 3. The van der Waals surface area contributed by atoms with Crippen molar-refractivity contribution in [3.63, 3.8) is 0 Å². The monoisotopic (exact) mass is 404 g/mol. The zero-order valence-corrected chi connectivity index (χ0v) is 14.5. The summed E-state index contributed by atoms with van der Waals surface area (Å²) in [5, 5.41) is 7.41. The Bertz CT molecular complexity index is 973. The predicted octanol–water partition coefficient (Wildman–Crippen LogP) is 3.66. The van der Waals surface area contributed by atoms with E-state index in [0.717, 1.165) is 36.4 Å². The molecular weight excluding hydrogens is 393 g/mol. The lowest BCUT2D eigenvalue weighted by Crippen LogP contribution is -2.13. The molecule has 2 aromatic carbocycles. The molecule has 0 saturated carbocycles. The summed E-state index contributed by atoms with van der Waals surface area (Å²) in [6.45, 7) is 0. The minimum absolute atomic E-state index is 0.00919. The van der Waals surface area contributed by atoms with Gasteiger partial charge in [0.05, 0.1) is 10.5 Å². The molecule has 0 aromatic heterocycles. The highest BCUT2D eigenvalue weighted by Crippen LogP contribution is 2.32. The number of hydrogen-bond donors (Lipinski definition) is 2. The number of rotatable bonds is 4. The van der Waals surface area contributed by atoms with Gasteiger partial charge in [0.25, 0.3) is 0 Å². The SMILES string of the molecule is NS(=O)(=O)c1cccc(NC(=O)C=Cc2cc(C(F)(F)F)ccc2Cl)c1. The van der Waals surface area contributed by atoms with Crippen LogP contribution in [0.25, 0.3) is 6.08 Å². The average molecular weight is 405 g/mol. The highest BCUT2D eigenvalue weighted by Gasteiger charge is 2.30. The Morgan fingerprint density at radius 2 is 1.85 bits per heavy atom. The predicted molar refractivity (Wildman–Crippen MR) is 91.9 cm³/mol. The molecule has 26 heavy (non-hydrogen) atoms. The van der Waals surface area contributed by atoms with E-state index in [1.54, 1.807) is 0 Å². The summed E-state index contributed by atoms with van der Waals surface area (Å²) in [6.07, 6.45) is -2.44. The molecule has 0 bridgehead atoms. The number of alkyl halides is 3. The van der Waals surface area contributed by atoms with Gasteiger partial charge in [-0.3, -0.25) is 4.79 Å². The number of halogens is 4. The number of amides is 1. The lowest BCUT2D eigenvalue weighted by Gasteiger charge is -2.08. The fourth-order valence-corrected chi connectivity index (χ4v) is 2.69. The zero-order valence-electron chi connectivity index (χ0n) is 12.9. The van der Waals surface area contributed by atoms with Gasteiger partial charge < -0.3 is 5.32 Å². The van der Waals surface area contributed by atoms with Gasteiger partial charge in [-0.05, 0) is 48.0 Å². The van der Waals surface area contributed by atoms with Gasteiger partial charge in [-0.2, -0.15) is 13.2 Å². The van der Waals surface area contributed by atoms with Crippen LogP contribution in [-0.4, -0.2) is 14.3 Å². The molecule has 0 aliphatic rings. The van der Waals surface area contributed by atoms with Crippen LogP contribution in [0.15, 0.2) is 53.4 Å². The van der Waals surface area contributed by atoms with Gasteiger partial charge in [0, 0.05) is 16.8 Å². The Kier molecular flexibility index (Phi) is 5.74. The Morgan fingerprint density at radius 1 is 1.15 bits per heavy atom. The molecule has 10 heteroatoms. The highest BCUT2D eigenvalue weighted by atomic mass is 35.5. The van der Waals surface area contributed by atoms with Crippen LogP contribution >= 0.6 is 11.6 Å². The topological polar surface area (TPSA) is 89.3 Å². The van der Waals surface area contributed by atoms with Crippen LogP contribution in [0.1, 0.15) is 11.1 Å². The van der Waals surface area contributed by atoms with Crippen LogP contribution in [0.5, 0.6) is 0 Å². The number of anilines is 1. The van der Waals surface area contributed by atoms with E-state index in [2.05, 4.69) is 5.32 Å². The highest BCUT2D eigenvalue weighted by molar-refractivity contribution is 7.89. The molecule has 0 atom stereocenters. The van der Waals surface area contributed by atoms with Crippen LogP contribution in [0.3, 0.4) is 0 Å². The zero-order chi connectivity index (χ0) is 19.5. The Hall–Kier alpha value is -2.36. The summed E-state index contributed by atoms with van der Waals surface area (Å²) < 4.78 is 60.7. The third kappa shape index (κ3) is 5.32. The van der Waals surface area contributed by atoms with Crippen LogP contribution in [0.4, 0.5) is 18.9 Å². The van der Waals surface area contributed by atoms with Crippen molar-refractivity contribution in [2.75, 3.05) is 5.32 Å². The van der Waals surface area contributed by atoms with E-state index in [1.807, 2.05) is 0 Å². The summed E-state index contributed by atoms with van der Waals surface area (Å²) in [6, 6.07) is 7.94. The van der Waals surface area contributed by atoms with E-state index in [-0.39, 0.29) is 21.2 Å². The molecular formula is C16H12ClF3N2O3S. The standard InChI is InChI=1S/C16H12ClF3N2O3S/c17-14-6-5-11(16(18,19)20)8-10(14)4-7-15(23)22-12-2-1-3-13(9-12)26(21,24)25/h1-9H,(H,22,23)(H2,21,24,25). The smallest absolute Gasteiger partial charge is 0.322 e. The number of sulfonamides is 1. The molecule has 0 aliphatic carbocycles. The lowest BCUT2D eigenvalue weighted by atomic mass is 10.1. The molecule has 138 valence electrons. The molecule has 0 aliphatic heterocycles. The van der Waals surface area contributed by atoms with Gasteiger partial charge in [-0.15, -0.1) is 0 Å². The minimum atomic E-state index is -4.54. The van der Waals surface area contributed by atoms with Crippen molar-refractivity contribution in [3.05, 3.63) is 64.7 Å². The first kappa shape index (κ1) is 20.0. The molecule has 2 rings (SSSR count).